The molecular formula is C12H19N. The molecule has 0 rings (SSSR count). The molecule has 0 atom stereocenters. The van der Waals surface area contributed by atoms with Gasteiger partial charge in [-0.3, -0.25) is 4.99 Å². The molecule has 0 aliphatic heterocycles. The summed E-state index contributed by atoms with van der Waals surface area (Å²) in [6, 6.07) is 0. The molecule has 13 heavy (non-hydrogen) atoms. The molecule has 72 valence electrons. The molecule has 0 aromatic carbocycles. The van der Waals surface area contributed by atoms with Crippen LogP contribution in [0.1, 0.15) is 27.2 Å². The molecular weight excluding hydrogens is 158 g/mol. The molecule has 0 radical (unpaired) electrons. The van der Waals surface area contributed by atoms with Crippen molar-refractivity contribution < 1.29 is 0 Å². The zero-order valence-corrected chi connectivity index (χ0v) is 9.09. The second-order valence-electron chi connectivity index (χ2n) is 2.96. The number of hydrogen-bond donors (Lipinski definition) is 0. The first-order valence-corrected chi connectivity index (χ1v) is 4.61. The SMILES string of the molecule is C=C(C)/C=C\C(=NC)/C(=C/C)CC. The van der Waals surface area contributed by atoms with Crippen LogP contribution in [0.3, 0.4) is 0 Å². The second-order valence-corrected chi connectivity index (χ2v) is 2.96. The van der Waals surface area contributed by atoms with Crippen LogP contribution >= 0.6 is 0 Å². The van der Waals surface area contributed by atoms with E-state index >= 15 is 0 Å². The van der Waals surface area contributed by atoms with Gasteiger partial charge in [-0.05, 0) is 31.9 Å². The third kappa shape index (κ3) is 4.46. The lowest BCUT2D eigenvalue weighted by molar-refractivity contribution is 1.16. The van der Waals surface area contributed by atoms with Crippen LogP contribution in [0.5, 0.6) is 0 Å². The van der Waals surface area contributed by atoms with Crippen LogP contribution in [-0.2, 0) is 0 Å². The Morgan fingerprint density at radius 1 is 1.38 bits per heavy atom. The maximum atomic E-state index is 4.22. The van der Waals surface area contributed by atoms with Crippen LogP contribution in [0.4, 0.5) is 0 Å². The predicted octanol–water partition coefficient (Wildman–Crippen LogP) is 3.55. The second kappa shape index (κ2) is 6.41. The van der Waals surface area contributed by atoms with Crippen LogP contribution in [0.2, 0.25) is 0 Å². The van der Waals surface area contributed by atoms with Crippen LogP contribution in [0.15, 0.2) is 40.9 Å². The Labute approximate surface area is 81.6 Å². The van der Waals surface area contributed by atoms with Gasteiger partial charge < -0.3 is 0 Å². The Hall–Kier alpha value is -1.11. The monoisotopic (exact) mass is 177 g/mol. The Bertz CT molecular complexity index is 254. The molecule has 0 aliphatic carbocycles. The van der Waals surface area contributed by atoms with Gasteiger partial charge in [-0.1, -0.05) is 31.2 Å². The van der Waals surface area contributed by atoms with Crippen LogP contribution in [0.25, 0.3) is 0 Å². The third-order valence-electron chi connectivity index (χ3n) is 1.82. The highest BCUT2D eigenvalue weighted by molar-refractivity contribution is 6.08. The van der Waals surface area contributed by atoms with Gasteiger partial charge in [-0.2, -0.15) is 0 Å². The van der Waals surface area contributed by atoms with Crippen molar-refractivity contribution in [1.82, 2.24) is 0 Å². The van der Waals surface area contributed by atoms with E-state index in [0.29, 0.717) is 0 Å². The summed E-state index contributed by atoms with van der Waals surface area (Å²) in [6.07, 6.45) is 7.12. The largest absolute Gasteiger partial charge is 0.288 e. The molecule has 0 spiro atoms. The minimum absolute atomic E-state index is 1.02. The fourth-order valence-electron chi connectivity index (χ4n) is 1.08. The fraction of sp³-hybridized carbons (Fsp3) is 0.417. The number of aliphatic imine (C=N–C) groups is 1. The predicted molar refractivity (Wildman–Crippen MR) is 61.4 cm³/mol. The van der Waals surface area contributed by atoms with Gasteiger partial charge in [0.15, 0.2) is 0 Å². The van der Waals surface area contributed by atoms with Crippen molar-refractivity contribution in [3.8, 4) is 0 Å². The minimum atomic E-state index is 1.02. The Morgan fingerprint density at radius 2 is 2.00 bits per heavy atom. The van der Waals surface area contributed by atoms with Gasteiger partial charge in [0.05, 0.1) is 5.71 Å². The maximum absolute atomic E-state index is 4.22. The zero-order chi connectivity index (χ0) is 10.3. The molecule has 0 heterocycles. The van der Waals surface area contributed by atoms with E-state index in [4.69, 9.17) is 0 Å². The summed E-state index contributed by atoms with van der Waals surface area (Å²) in [4.78, 5) is 4.22. The zero-order valence-electron chi connectivity index (χ0n) is 9.09. The smallest absolute Gasteiger partial charge is 0.0599 e. The molecule has 0 unspecified atom stereocenters. The maximum Gasteiger partial charge on any atom is 0.0599 e. The van der Waals surface area contributed by atoms with Crippen molar-refractivity contribution in [3.63, 3.8) is 0 Å². The first-order chi connectivity index (χ1) is 6.15. The molecule has 0 amide bonds. The average Bonchev–Trinajstić information content (AvgIpc) is 2.11. The lowest BCUT2D eigenvalue weighted by Gasteiger charge is -2.02. The van der Waals surface area contributed by atoms with Gasteiger partial charge >= 0.3 is 0 Å². The number of rotatable bonds is 4. The lowest BCUT2D eigenvalue weighted by atomic mass is 10.1. The van der Waals surface area contributed by atoms with E-state index < -0.39 is 0 Å². The highest BCUT2D eigenvalue weighted by Crippen LogP contribution is 2.05. The van der Waals surface area contributed by atoms with Crippen molar-refractivity contribution in [1.29, 1.82) is 0 Å². The summed E-state index contributed by atoms with van der Waals surface area (Å²) in [5.41, 5.74) is 3.38. The molecule has 1 nitrogen and oxygen atoms in total. The first-order valence-electron chi connectivity index (χ1n) is 4.61. The summed E-state index contributed by atoms with van der Waals surface area (Å²) < 4.78 is 0. The summed E-state index contributed by atoms with van der Waals surface area (Å²) in [5, 5.41) is 0. The summed E-state index contributed by atoms with van der Waals surface area (Å²) >= 11 is 0. The van der Waals surface area contributed by atoms with E-state index in [1.54, 1.807) is 0 Å². The van der Waals surface area contributed by atoms with E-state index in [1.807, 2.05) is 33.0 Å². The van der Waals surface area contributed by atoms with Gasteiger partial charge in [0.1, 0.15) is 0 Å². The van der Waals surface area contributed by atoms with Crippen molar-refractivity contribution in [2.45, 2.75) is 27.2 Å². The van der Waals surface area contributed by atoms with E-state index in [-0.39, 0.29) is 0 Å². The normalized spacial score (nSPS) is 13.8. The van der Waals surface area contributed by atoms with Crippen molar-refractivity contribution in [2.24, 2.45) is 4.99 Å². The van der Waals surface area contributed by atoms with E-state index in [1.165, 1.54) is 5.57 Å². The topological polar surface area (TPSA) is 12.4 Å². The van der Waals surface area contributed by atoms with Crippen molar-refractivity contribution in [3.05, 3.63) is 36.0 Å². The quantitative estimate of drug-likeness (QED) is 0.460. The van der Waals surface area contributed by atoms with Crippen molar-refractivity contribution >= 4 is 5.71 Å². The van der Waals surface area contributed by atoms with Gasteiger partial charge in [-0.15, -0.1) is 0 Å². The molecule has 0 aromatic rings. The lowest BCUT2D eigenvalue weighted by Crippen LogP contribution is -1.97. The minimum Gasteiger partial charge on any atom is -0.288 e. The highest BCUT2D eigenvalue weighted by Gasteiger charge is 1.97. The number of allylic oxidation sites excluding steroid dienone is 5. The van der Waals surface area contributed by atoms with Gasteiger partial charge in [0, 0.05) is 7.05 Å². The molecule has 0 N–H and O–H groups in total. The van der Waals surface area contributed by atoms with Gasteiger partial charge in [0.2, 0.25) is 0 Å². The summed E-state index contributed by atoms with van der Waals surface area (Å²) in [7, 11) is 1.82. The fourth-order valence-corrected chi connectivity index (χ4v) is 1.08. The van der Waals surface area contributed by atoms with E-state index in [9.17, 15) is 0 Å². The van der Waals surface area contributed by atoms with Crippen LogP contribution in [0, 0.1) is 0 Å². The molecule has 0 saturated heterocycles. The van der Waals surface area contributed by atoms with Gasteiger partial charge in [0.25, 0.3) is 0 Å². The molecule has 0 fully saturated rings. The van der Waals surface area contributed by atoms with Gasteiger partial charge in [-0.25, -0.2) is 0 Å². The first kappa shape index (κ1) is 11.9. The summed E-state index contributed by atoms with van der Waals surface area (Å²) in [5.74, 6) is 0. The molecule has 0 aliphatic rings. The Balaban J connectivity index is 4.64. The summed E-state index contributed by atoms with van der Waals surface area (Å²) in [6.45, 7) is 9.96. The number of nitrogens with zero attached hydrogens (tertiary/aromatic N) is 1. The average molecular weight is 177 g/mol. The molecule has 0 saturated carbocycles. The van der Waals surface area contributed by atoms with Crippen LogP contribution in [-0.4, -0.2) is 12.8 Å². The van der Waals surface area contributed by atoms with Crippen LogP contribution < -0.4 is 0 Å². The van der Waals surface area contributed by atoms with Crippen molar-refractivity contribution in [2.75, 3.05) is 7.05 Å². The molecule has 0 aromatic heterocycles. The highest BCUT2D eigenvalue weighted by atomic mass is 14.7. The molecule has 0 bridgehead atoms. The Morgan fingerprint density at radius 3 is 2.31 bits per heavy atom. The van der Waals surface area contributed by atoms with E-state index in [2.05, 4.69) is 24.6 Å². The molecule has 1 heteroatoms. The number of hydrogen-bond acceptors (Lipinski definition) is 1. The third-order valence-corrected chi connectivity index (χ3v) is 1.82. The standard InChI is InChI=1S/C12H19N/c1-6-11(7-2)12(13-5)9-8-10(3)4/h6,8-9H,3,7H2,1-2,4-5H3/b9-8-,11-6+,13-12?. The van der Waals surface area contributed by atoms with E-state index in [0.717, 1.165) is 17.7 Å². The Kier molecular flexibility index (Phi) is 5.86.